The number of nitrogens with zero attached hydrogens (tertiary/aromatic N) is 1. The van der Waals surface area contributed by atoms with Crippen LogP contribution in [0.3, 0.4) is 0 Å². The first kappa shape index (κ1) is 29.6. The molecule has 0 N–H and O–H groups in total. The molecule has 1 radical (unpaired) electrons. The maximum absolute atomic E-state index is 10.7. The van der Waals surface area contributed by atoms with Crippen molar-refractivity contribution in [3.8, 4) is 0 Å². The average Bonchev–Trinajstić information content (AvgIpc) is 2.77. The number of cyclic esters (lactones) is 1. The Kier molecular flexibility index (Phi) is 20.8. The normalized spacial score (nSPS) is 11.9. The molecule has 1 heterocycles. The van der Waals surface area contributed by atoms with Gasteiger partial charge in [0.1, 0.15) is 6.61 Å². The van der Waals surface area contributed by atoms with Crippen LogP contribution in [0.4, 0.5) is 4.79 Å². The summed E-state index contributed by atoms with van der Waals surface area (Å²) in [6.07, 6.45) is -0.176. The molecule has 0 saturated carbocycles. The summed E-state index contributed by atoms with van der Waals surface area (Å²) < 4.78 is 4.71. The summed E-state index contributed by atoms with van der Waals surface area (Å²) in [5.74, 6) is 0.659. The zero-order valence-electron chi connectivity index (χ0n) is 12.3. The quantitative estimate of drug-likeness (QED) is 0.666. The van der Waals surface area contributed by atoms with Gasteiger partial charge in [-0.1, -0.05) is 66.5 Å². The number of carbonyl (C=O) groups is 1. The summed E-state index contributed by atoms with van der Waals surface area (Å²) >= 11 is 0. The molecule has 1 aliphatic heterocycles. The van der Waals surface area contributed by atoms with Crippen molar-refractivity contribution in [2.75, 3.05) is 13.2 Å². The third-order valence-corrected chi connectivity index (χ3v) is 2.88. The predicted octanol–water partition coefficient (Wildman–Crippen LogP) is 5.56. The Labute approximate surface area is 163 Å². The minimum atomic E-state index is -0.176. The molecule has 0 unspecified atom stereocenters. The van der Waals surface area contributed by atoms with E-state index in [1.807, 2.05) is 19.9 Å². The van der Waals surface area contributed by atoms with Gasteiger partial charge in [0, 0.05) is 38.8 Å². The maximum atomic E-state index is 10.7. The van der Waals surface area contributed by atoms with Gasteiger partial charge in [-0.2, -0.15) is 0 Å². The van der Waals surface area contributed by atoms with E-state index in [-0.39, 0.29) is 67.1 Å². The largest absolute Gasteiger partial charge is 0.448 e. The Morgan fingerprint density at radius 3 is 1.73 bits per heavy atom. The van der Waals surface area contributed by atoms with E-state index < -0.39 is 0 Å². The molecule has 1 aromatic carbocycles. The molecule has 0 bridgehead atoms. The van der Waals surface area contributed by atoms with E-state index in [1.54, 1.807) is 4.90 Å². The van der Waals surface area contributed by atoms with Crippen molar-refractivity contribution >= 4 is 6.09 Å². The van der Waals surface area contributed by atoms with Crippen LogP contribution in [0, 0.1) is 0 Å². The molecule has 127 valence electrons. The van der Waals surface area contributed by atoms with Gasteiger partial charge in [0.25, 0.3) is 0 Å². The molecule has 3 nitrogen and oxygen atoms in total. The SMILES string of the molecule is C.C.C.CC(C)N1CCOC1=O.CC(C)c1ccccc1.[Y]. The van der Waals surface area contributed by atoms with Crippen molar-refractivity contribution in [1.82, 2.24) is 4.90 Å². The van der Waals surface area contributed by atoms with E-state index in [2.05, 4.69) is 38.1 Å². The molecule has 0 spiro atoms. The maximum Gasteiger partial charge on any atom is 0.410 e. The summed E-state index contributed by atoms with van der Waals surface area (Å²) in [6.45, 7) is 9.66. The molecule has 1 fully saturated rings. The zero-order chi connectivity index (χ0) is 13.5. The van der Waals surface area contributed by atoms with Crippen molar-refractivity contribution in [2.24, 2.45) is 0 Å². The van der Waals surface area contributed by atoms with Crippen molar-refractivity contribution < 1.29 is 42.2 Å². The van der Waals surface area contributed by atoms with Gasteiger partial charge in [-0.25, -0.2) is 4.79 Å². The molecule has 0 aliphatic carbocycles. The molecule has 1 aromatic rings. The van der Waals surface area contributed by atoms with Gasteiger partial charge in [0.2, 0.25) is 0 Å². The monoisotopic (exact) mass is 386 g/mol. The number of carbonyl (C=O) groups excluding carboxylic acids is 1. The molecular weight excluding hydrogens is 351 g/mol. The van der Waals surface area contributed by atoms with Gasteiger partial charge in [0.15, 0.2) is 0 Å². The predicted molar refractivity (Wildman–Crippen MR) is 93.9 cm³/mol. The number of amides is 1. The standard InChI is InChI=1S/C9H12.C6H11NO2.3CH4.Y/c1-8(2)9-6-4-3-5-7-9;1-5(2)7-3-4-9-6(7)8;;;;/h3-8H,1-2H3;5H,3-4H2,1-2H3;3*1H4;. The molecular formula is C18H35NO2Y. The van der Waals surface area contributed by atoms with Crippen molar-refractivity contribution in [2.45, 2.75) is 61.9 Å². The zero-order valence-corrected chi connectivity index (χ0v) is 15.1. The number of hydrogen-bond donors (Lipinski definition) is 0. The van der Waals surface area contributed by atoms with Crippen molar-refractivity contribution in [3.05, 3.63) is 35.9 Å². The third kappa shape index (κ3) is 10.3. The second-order valence-corrected chi connectivity index (χ2v) is 4.97. The van der Waals surface area contributed by atoms with Crippen LogP contribution >= 0.6 is 0 Å². The van der Waals surface area contributed by atoms with Crippen LogP contribution in [0.5, 0.6) is 0 Å². The summed E-state index contributed by atoms with van der Waals surface area (Å²) in [6, 6.07) is 10.8. The molecule has 0 atom stereocenters. The topological polar surface area (TPSA) is 29.5 Å². The number of hydrogen-bond acceptors (Lipinski definition) is 2. The first-order valence-corrected chi connectivity index (χ1v) is 6.50. The average molecular weight is 386 g/mol. The van der Waals surface area contributed by atoms with E-state index >= 15 is 0 Å². The molecule has 4 heteroatoms. The van der Waals surface area contributed by atoms with E-state index in [0.717, 1.165) is 6.54 Å². The van der Waals surface area contributed by atoms with E-state index in [1.165, 1.54) is 5.56 Å². The summed E-state index contributed by atoms with van der Waals surface area (Å²) in [5, 5.41) is 0. The van der Waals surface area contributed by atoms with E-state index in [4.69, 9.17) is 4.74 Å². The second kappa shape index (κ2) is 15.5. The molecule has 2 rings (SSSR count). The third-order valence-electron chi connectivity index (χ3n) is 2.88. The summed E-state index contributed by atoms with van der Waals surface area (Å²) in [4.78, 5) is 12.4. The van der Waals surface area contributed by atoms with Crippen LogP contribution in [0.15, 0.2) is 30.3 Å². The van der Waals surface area contributed by atoms with Gasteiger partial charge < -0.3 is 9.64 Å². The van der Waals surface area contributed by atoms with Crippen LogP contribution < -0.4 is 0 Å². The van der Waals surface area contributed by atoms with Gasteiger partial charge in [-0.15, -0.1) is 0 Å². The molecule has 22 heavy (non-hydrogen) atoms. The second-order valence-electron chi connectivity index (χ2n) is 4.97. The van der Waals surface area contributed by atoms with Gasteiger partial charge in [-0.3, -0.25) is 0 Å². The first-order chi connectivity index (χ1) is 8.52. The molecule has 1 saturated heterocycles. The van der Waals surface area contributed by atoms with Gasteiger partial charge in [0.05, 0.1) is 6.54 Å². The van der Waals surface area contributed by atoms with Crippen molar-refractivity contribution in [1.29, 1.82) is 0 Å². The van der Waals surface area contributed by atoms with Crippen molar-refractivity contribution in [3.63, 3.8) is 0 Å². The van der Waals surface area contributed by atoms with E-state index in [9.17, 15) is 4.79 Å². The van der Waals surface area contributed by atoms with Crippen LogP contribution in [0.1, 0.15) is 61.5 Å². The van der Waals surface area contributed by atoms with Gasteiger partial charge in [-0.05, 0) is 25.3 Å². The Balaban J connectivity index is -0.000000125. The number of rotatable bonds is 2. The Morgan fingerprint density at radius 1 is 1.00 bits per heavy atom. The number of ether oxygens (including phenoxy) is 1. The van der Waals surface area contributed by atoms with Gasteiger partial charge >= 0.3 is 6.09 Å². The molecule has 0 aromatic heterocycles. The number of benzene rings is 1. The smallest absolute Gasteiger partial charge is 0.410 e. The minimum absolute atomic E-state index is 0. The minimum Gasteiger partial charge on any atom is -0.448 e. The molecule has 1 amide bonds. The fraction of sp³-hybridized carbons (Fsp3) is 0.611. The Hall–Kier alpha value is -0.406. The fourth-order valence-corrected chi connectivity index (χ4v) is 1.71. The van der Waals surface area contributed by atoms with Crippen LogP contribution in [-0.2, 0) is 37.4 Å². The van der Waals surface area contributed by atoms with E-state index in [0.29, 0.717) is 12.5 Å². The molecule has 1 aliphatic rings. The Bertz CT molecular complexity index is 367. The van der Waals surface area contributed by atoms with Crippen LogP contribution in [-0.4, -0.2) is 30.2 Å². The fourth-order valence-electron chi connectivity index (χ4n) is 1.71. The van der Waals surface area contributed by atoms with Crippen LogP contribution in [0.25, 0.3) is 0 Å². The summed E-state index contributed by atoms with van der Waals surface area (Å²) in [5.41, 5.74) is 1.41. The first-order valence-electron chi connectivity index (χ1n) is 6.50. The van der Waals surface area contributed by atoms with Crippen LogP contribution in [0.2, 0.25) is 0 Å². The Morgan fingerprint density at radius 2 is 1.50 bits per heavy atom. The summed E-state index contributed by atoms with van der Waals surface area (Å²) in [7, 11) is 0.